The maximum atomic E-state index is 13.1. The number of hydrogen-bond donors (Lipinski definition) is 6. The number of imide groups is 1. The number of benzene rings is 3. The van der Waals surface area contributed by atoms with E-state index in [0.29, 0.717) is 45.8 Å². The van der Waals surface area contributed by atoms with Crippen molar-refractivity contribution in [2.24, 2.45) is 11.0 Å². The molecule has 3 aromatic carbocycles. The molecule has 6 rings (SSSR count). The molecule has 1 aliphatic heterocycles. The molecule has 0 radical (unpaired) electrons. The maximum Gasteiger partial charge on any atom is 0.339 e. The number of aryl methyl sites for hydroxylation is 1. The molecule has 0 saturated carbocycles. The number of H-pyrrole nitrogens is 2. The highest BCUT2D eigenvalue weighted by Gasteiger charge is 2.39. The van der Waals surface area contributed by atoms with Crippen LogP contribution in [0.4, 0.5) is 16.2 Å². The fraction of sp³-hybridized carbons (Fsp3) is 0.310. The van der Waals surface area contributed by atoms with Gasteiger partial charge in [-0.05, 0) is 62.4 Å². The molecule has 0 spiro atoms. The smallest absolute Gasteiger partial charge is 0.339 e. The summed E-state index contributed by atoms with van der Waals surface area (Å²) in [6.07, 6.45) is -0.441. The molecule has 0 bridgehead atoms. The second-order valence-electron chi connectivity index (χ2n) is 14.3. The quantitative estimate of drug-likeness (QED) is 0.0182. The van der Waals surface area contributed by atoms with Crippen molar-refractivity contribution in [1.29, 1.82) is 0 Å². The Bertz CT molecular complexity index is 2420. The minimum absolute atomic E-state index is 0.0162. The van der Waals surface area contributed by atoms with E-state index in [0.717, 1.165) is 26.9 Å². The van der Waals surface area contributed by atoms with Crippen LogP contribution in [0.25, 0.3) is 21.8 Å². The number of carbonyl (C=O) groups is 6. The largest absolute Gasteiger partial charge is 0.481 e. The van der Waals surface area contributed by atoms with E-state index in [2.05, 4.69) is 31.1 Å². The van der Waals surface area contributed by atoms with Crippen molar-refractivity contribution in [1.82, 2.24) is 20.3 Å². The number of rotatable bonds is 18. The Labute approximate surface area is 343 Å². The van der Waals surface area contributed by atoms with Crippen LogP contribution < -0.4 is 16.1 Å². The molecule has 1 saturated heterocycles. The molecule has 3 atom stereocenters. The topological polar surface area (TPSA) is 224 Å². The molecule has 0 aliphatic carbocycles. The SMILES string of the molecule is CC(=O)c1cc2cc(NC(=O)c3cc4cc(NC(=O)N/N=C(/C)CCOC(OCCN5C(=O)CC(SC[C@@H](C)C(=O)O)C5=O)c5ccc(C)cc5)ccc4[nH]3)ccc2[nH]1. The van der Waals surface area contributed by atoms with Crippen molar-refractivity contribution in [3.63, 3.8) is 0 Å². The van der Waals surface area contributed by atoms with Crippen molar-refractivity contribution in [2.45, 2.75) is 52.1 Å². The van der Waals surface area contributed by atoms with Crippen LogP contribution >= 0.6 is 11.8 Å². The van der Waals surface area contributed by atoms with Crippen molar-refractivity contribution in [3.8, 4) is 0 Å². The number of Topliss-reactive ketones (excluding diaryl/α,β-unsaturated/α-hetero) is 1. The summed E-state index contributed by atoms with van der Waals surface area (Å²) < 4.78 is 12.1. The summed E-state index contributed by atoms with van der Waals surface area (Å²) in [5.41, 5.74) is 8.18. The van der Waals surface area contributed by atoms with E-state index in [1.165, 1.54) is 18.7 Å². The summed E-state index contributed by atoms with van der Waals surface area (Å²) in [5, 5.41) is 19.8. The number of anilines is 2. The van der Waals surface area contributed by atoms with Crippen LogP contribution in [0.3, 0.4) is 0 Å². The molecule has 16 nitrogen and oxygen atoms in total. The first-order valence-corrected chi connectivity index (χ1v) is 20.0. The Hall–Kier alpha value is -6.30. The average Bonchev–Trinajstić information content (AvgIpc) is 3.91. The molecule has 1 fully saturated rings. The molecule has 2 aromatic heterocycles. The molecule has 5 aromatic rings. The first-order valence-electron chi connectivity index (χ1n) is 18.9. The van der Waals surface area contributed by atoms with Gasteiger partial charge >= 0.3 is 12.0 Å². The molecule has 59 heavy (non-hydrogen) atoms. The number of ketones is 1. The number of aromatic amines is 2. The van der Waals surface area contributed by atoms with Crippen LogP contribution in [-0.4, -0.2) is 92.0 Å². The van der Waals surface area contributed by atoms with E-state index in [1.54, 1.807) is 62.4 Å². The zero-order valence-electron chi connectivity index (χ0n) is 32.9. The van der Waals surface area contributed by atoms with Gasteiger partial charge in [-0.1, -0.05) is 36.8 Å². The maximum absolute atomic E-state index is 13.1. The number of thioether (sulfide) groups is 1. The first-order chi connectivity index (χ1) is 28.2. The van der Waals surface area contributed by atoms with Crippen molar-refractivity contribution >= 4 is 86.2 Å². The second-order valence-corrected chi connectivity index (χ2v) is 15.5. The Morgan fingerprint density at radius 3 is 2.17 bits per heavy atom. The second kappa shape index (κ2) is 19.0. The summed E-state index contributed by atoms with van der Waals surface area (Å²) in [7, 11) is 0. The Morgan fingerprint density at radius 1 is 0.881 bits per heavy atom. The first kappa shape index (κ1) is 42.3. The third-order valence-electron chi connectivity index (χ3n) is 9.57. The van der Waals surface area contributed by atoms with Crippen molar-refractivity contribution in [3.05, 3.63) is 95.3 Å². The van der Waals surface area contributed by atoms with Crippen LogP contribution in [0.1, 0.15) is 72.0 Å². The lowest BCUT2D eigenvalue weighted by Crippen LogP contribution is -2.35. The Kier molecular flexibility index (Phi) is 13.6. The number of hydrazone groups is 1. The molecular formula is C42H45N7O9S. The highest BCUT2D eigenvalue weighted by Crippen LogP contribution is 2.28. The number of nitrogens with one attached hydrogen (secondary N) is 5. The van der Waals surface area contributed by atoms with Gasteiger partial charge in [0.15, 0.2) is 12.1 Å². The lowest BCUT2D eigenvalue weighted by atomic mass is 10.1. The fourth-order valence-corrected chi connectivity index (χ4v) is 7.36. The number of carboxylic acid groups (broad SMARTS) is 1. The van der Waals surface area contributed by atoms with Gasteiger partial charge in [0.05, 0.1) is 36.6 Å². The third kappa shape index (κ3) is 11.0. The van der Waals surface area contributed by atoms with E-state index < -0.39 is 29.5 Å². The van der Waals surface area contributed by atoms with E-state index in [-0.39, 0.29) is 55.4 Å². The molecule has 5 amide bonds. The lowest BCUT2D eigenvalue weighted by molar-refractivity contribution is -0.155. The standard InChI is InChI=1S/C42H45N7O9S/c1-23-5-7-27(8-6-23)41(58-16-14-49-37(51)21-36(39(49)53)59-22-24(2)40(54)55)57-15-13-25(3)47-48-42(56)44-31-10-12-33-29(18-31)20-35(46-33)38(52)43-30-9-11-32-28(17-30)19-34(45-32)26(4)50/h5-12,17-20,24,36,41,45-46H,13-16,21-22H2,1-4H3,(H,43,52)(H,54,55)(H2,44,48,56)/b47-25-/t24-,36?,41?/m1/s1. The van der Waals surface area contributed by atoms with Gasteiger partial charge in [0.2, 0.25) is 11.8 Å². The van der Waals surface area contributed by atoms with Gasteiger partial charge in [-0.2, -0.15) is 5.10 Å². The Morgan fingerprint density at radius 2 is 1.51 bits per heavy atom. The van der Waals surface area contributed by atoms with Gasteiger partial charge in [-0.15, -0.1) is 11.8 Å². The number of carboxylic acids is 1. The summed E-state index contributed by atoms with van der Waals surface area (Å²) >= 11 is 1.18. The highest BCUT2D eigenvalue weighted by molar-refractivity contribution is 8.00. The summed E-state index contributed by atoms with van der Waals surface area (Å²) in [6.45, 7) is 6.96. The van der Waals surface area contributed by atoms with E-state index in [9.17, 15) is 28.8 Å². The monoisotopic (exact) mass is 823 g/mol. The number of urea groups is 1. The van der Waals surface area contributed by atoms with E-state index in [4.69, 9.17) is 14.6 Å². The molecule has 1 aliphatic rings. The normalized spacial score (nSPS) is 15.4. The van der Waals surface area contributed by atoms with Gasteiger partial charge in [0, 0.05) is 70.0 Å². The predicted octanol–water partition coefficient (Wildman–Crippen LogP) is 6.61. The van der Waals surface area contributed by atoms with Gasteiger partial charge < -0.3 is 35.2 Å². The number of aromatic nitrogens is 2. The molecule has 17 heteroatoms. The number of carbonyl (C=O) groups excluding carboxylic acids is 5. The van der Waals surface area contributed by atoms with Gasteiger partial charge in [-0.3, -0.25) is 28.9 Å². The number of aliphatic carboxylic acids is 1. The average molecular weight is 824 g/mol. The summed E-state index contributed by atoms with van der Waals surface area (Å²) in [6, 6.07) is 20.9. The van der Waals surface area contributed by atoms with Gasteiger partial charge in [0.25, 0.3) is 5.91 Å². The number of likely N-dealkylation sites (tertiary alicyclic amines) is 1. The number of nitrogens with zero attached hydrogens (tertiary/aromatic N) is 2. The lowest BCUT2D eigenvalue weighted by Gasteiger charge is -2.21. The van der Waals surface area contributed by atoms with Crippen molar-refractivity contribution in [2.75, 3.05) is 36.1 Å². The van der Waals surface area contributed by atoms with Crippen LogP contribution in [0.2, 0.25) is 0 Å². The Balaban J connectivity index is 0.971. The van der Waals surface area contributed by atoms with E-state index >= 15 is 0 Å². The van der Waals surface area contributed by atoms with E-state index in [1.807, 2.05) is 31.2 Å². The van der Waals surface area contributed by atoms with Gasteiger partial charge in [0.1, 0.15) is 5.69 Å². The van der Waals surface area contributed by atoms with Crippen LogP contribution in [0.5, 0.6) is 0 Å². The van der Waals surface area contributed by atoms with Gasteiger partial charge in [-0.25, -0.2) is 10.2 Å². The van der Waals surface area contributed by atoms with Crippen LogP contribution in [0.15, 0.2) is 77.9 Å². The molecule has 2 unspecified atom stereocenters. The van der Waals surface area contributed by atoms with Crippen LogP contribution in [-0.2, 0) is 23.9 Å². The highest BCUT2D eigenvalue weighted by atomic mass is 32.2. The zero-order valence-corrected chi connectivity index (χ0v) is 33.7. The molecular weight excluding hydrogens is 779 g/mol. The minimum Gasteiger partial charge on any atom is -0.481 e. The molecule has 308 valence electrons. The molecule has 3 heterocycles. The number of amides is 5. The molecule has 6 N–H and O–H groups in total. The predicted molar refractivity (Wildman–Crippen MR) is 225 cm³/mol. The summed E-state index contributed by atoms with van der Waals surface area (Å²) in [5.74, 6) is -2.48. The van der Waals surface area contributed by atoms with Crippen LogP contribution in [0, 0.1) is 12.8 Å². The number of ether oxygens (including phenoxy) is 2. The fourth-order valence-electron chi connectivity index (χ4n) is 6.17. The number of hydrogen-bond acceptors (Lipinski definition) is 10. The third-order valence-corrected chi connectivity index (χ3v) is 11.0. The zero-order chi connectivity index (χ0) is 42.2. The summed E-state index contributed by atoms with van der Waals surface area (Å²) in [4.78, 5) is 81.5. The minimum atomic E-state index is -0.955. The number of fused-ring (bicyclic) bond motifs is 2. The van der Waals surface area contributed by atoms with Crippen molar-refractivity contribution < 1.29 is 43.3 Å².